The Balaban J connectivity index is 0.00000121. The van der Waals surface area contributed by atoms with Gasteiger partial charge in [-0.3, -0.25) is 0 Å². The van der Waals surface area contributed by atoms with Crippen LogP contribution in [0.15, 0.2) is 18.2 Å². The van der Waals surface area contributed by atoms with Gasteiger partial charge in [0.05, 0.1) is 0 Å². The first-order valence-corrected chi connectivity index (χ1v) is 3.34. The molecule has 0 amide bonds. The molecule has 0 bridgehead atoms. The molecule has 0 aliphatic heterocycles. The van der Waals surface area contributed by atoms with Gasteiger partial charge in [0.25, 0.3) is 0 Å². The summed E-state index contributed by atoms with van der Waals surface area (Å²) in [5.74, 6) is 0. The smallest absolute Gasteiger partial charge is 0.423 e. The first-order valence-electron chi connectivity index (χ1n) is 3.34. The monoisotopic (exact) mass is 187 g/mol. The Morgan fingerprint density at radius 2 is 1.92 bits per heavy atom. The molecule has 1 aromatic rings. The van der Waals surface area contributed by atoms with E-state index >= 15 is 0 Å². The Kier molecular flexibility index (Phi) is 4.10. The van der Waals surface area contributed by atoms with E-state index in [1.54, 1.807) is 25.1 Å². The maximum absolute atomic E-state index is 8.83. The van der Waals surface area contributed by atoms with Crippen LogP contribution >= 0.6 is 12.4 Å². The van der Waals surface area contributed by atoms with E-state index in [9.17, 15) is 0 Å². The molecule has 0 aromatic heterocycles. The lowest BCUT2D eigenvalue weighted by Gasteiger charge is -2.05. The third-order valence-corrected chi connectivity index (χ3v) is 1.70. The van der Waals surface area contributed by atoms with E-state index in [0.29, 0.717) is 11.2 Å². The number of benzene rings is 1. The highest BCUT2D eigenvalue weighted by Crippen LogP contribution is 2.05. The number of hydrogen-bond donors (Lipinski definition) is 3. The highest BCUT2D eigenvalue weighted by molar-refractivity contribution is 6.59. The van der Waals surface area contributed by atoms with Gasteiger partial charge in [-0.05, 0) is 24.0 Å². The number of halogens is 1. The van der Waals surface area contributed by atoms with Gasteiger partial charge in [-0.2, -0.15) is 0 Å². The quantitative estimate of drug-likeness (QED) is 0.417. The fraction of sp³-hybridized carbons (Fsp3) is 0.143. The highest BCUT2D eigenvalue weighted by Gasteiger charge is 2.13. The van der Waals surface area contributed by atoms with Gasteiger partial charge in [-0.1, -0.05) is 12.1 Å². The second-order valence-electron chi connectivity index (χ2n) is 2.44. The van der Waals surface area contributed by atoms with E-state index in [0.717, 1.165) is 5.56 Å². The molecule has 0 fully saturated rings. The number of hydrogen-bond acceptors (Lipinski definition) is 3. The average molecular weight is 187 g/mol. The van der Waals surface area contributed by atoms with Crippen LogP contribution in [0.25, 0.3) is 0 Å². The molecule has 0 atom stereocenters. The topological polar surface area (TPSA) is 66.5 Å². The third-order valence-electron chi connectivity index (χ3n) is 1.70. The van der Waals surface area contributed by atoms with Crippen LogP contribution in [0.2, 0.25) is 0 Å². The molecule has 0 aliphatic rings. The van der Waals surface area contributed by atoms with Gasteiger partial charge in [0.2, 0.25) is 0 Å². The van der Waals surface area contributed by atoms with Crippen molar-refractivity contribution < 1.29 is 10.0 Å². The van der Waals surface area contributed by atoms with Crippen molar-refractivity contribution in [3.63, 3.8) is 0 Å². The van der Waals surface area contributed by atoms with Crippen molar-refractivity contribution in [2.75, 3.05) is 5.73 Å². The zero-order valence-corrected chi connectivity index (χ0v) is 7.51. The van der Waals surface area contributed by atoms with Crippen molar-refractivity contribution in [1.82, 2.24) is 0 Å². The van der Waals surface area contributed by atoms with Crippen LogP contribution in [0.3, 0.4) is 0 Å². The van der Waals surface area contributed by atoms with Gasteiger partial charge in [-0.15, -0.1) is 12.4 Å². The van der Waals surface area contributed by atoms with Crippen LogP contribution in [0, 0.1) is 6.92 Å². The second kappa shape index (κ2) is 4.35. The third kappa shape index (κ3) is 2.14. The van der Waals surface area contributed by atoms with E-state index in [1.807, 2.05) is 0 Å². The van der Waals surface area contributed by atoms with Gasteiger partial charge in [0, 0.05) is 5.69 Å². The summed E-state index contributed by atoms with van der Waals surface area (Å²) < 4.78 is 0. The number of anilines is 1. The Morgan fingerprint density at radius 3 is 2.33 bits per heavy atom. The number of nitrogen functional groups attached to an aromatic ring is 1. The molecule has 0 saturated heterocycles. The van der Waals surface area contributed by atoms with Crippen molar-refractivity contribution in [3.05, 3.63) is 23.8 Å². The summed E-state index contributed by atoms with van der Waals surface area (Å²) in [6.45, 7) is 1.75. The summed E-state index contributed by atoms with van der Waals surface area (Å²) in [4.78, 5) is 0. The molecule has 0 aliphatic carbocycles. The molecule has 0 saturated carbocycles. The summed E-state index contributed by atoms with van der Waals surface area (Å²) in [7, 11) is -1.43. The second-order valence-corrected chi connectivity index (χ2v) is 2.44. The van der Waals surface area contributed by atoms with Crippen molar-refractivity contribution in [1.29, 1.82) is 0 Å². The molecule has 0 spiro atoms. The van der Waals surface area contributed by atoms with Crippen LogP contribution in [0.1, 0.15) is 5.56 Å². The molecule has 4 N–H and O–H groups in total. The molecule has 3 nitrogen and oxygen atoms in total. The molecular weight excluding hydrogens is 176 g/mol. The van der Waals surface area contributed by atoms with Crippen molar-refractivity contribution >= 4 is 30.7 Å². The molecule has 12 heavy (non-hydrogen) atoms. The highest BCUT2D eigenvalue weighted by atomic mass is 35.5. The number of rotatable bonds is 1. The average Bonchev–Trinajstić information content (AvgIpc) is 1.94. The van der Waals surface area contributed by atoms with E-state index in [-0.39, 0.29) is 12.4 Å². The molecule has 5 heteroatoms. The Labute approximate surface area is 77.8 Å². The first-order chi connectivity index (χ1) is 5.13. The SMILES string of the molecule is Cc1c(N)cccc1B(O)O.Cl. The minimum Gasteiger partial charge on any atom is -0.423 e. The maximum atomic E-state index is 8.83. The van der Waals surface area contributed by atoms with Gasteiger partial charge >= 0.3 is 7.12 Å². The van der Waals surface area contributed by atoms with Crippen molar-refractivity contribution in [2.45, 2.75) is 6.92 Å². The normalized spacial score (nSPS) is 8.92. The van der Waals surface area contributed by atoms with Crippen LogP contribution in [-0.2, 0) is 0 Å². The first kappa shape index (κ1) is 11.3. The van der Waals surface area contributed by atoms with Gasteiger partial charge in [0.1, 0.15) is 0 Å². The fourth-order valence-electron chi connectivity index (χ4n) is 0.952. The van der Waals surface area contributed by atoms with Gasteiger partial charge < -0.3 is 15.8 Å². The molecule has 1 aromatic carbocycles. The molecule has 0 unspecified atom stereocenters. The van der Waals surface area contributed by atoms with Crippen LogP contribution in [0.4, 0.5) is 5.69 Å². The van der Waals surface area contributed by atoms with Gasteiger partial charge in [0.15, 0.2) is 0 Å². The molecule has 66 valence electrons. The molecule has 1 rings (SSSR count). The minimum atomic E-state index is -1.43. The largest absolute Gasteiger partial charge is 0.488 e. The lowest BCUT2D eigenvalue weighted by Crippen LogP contribution is -2.32. The van der Waals surface area contributed by atoms with Crippen molar-refractivity contribution in [3.8, 4) is 0 Å². The Morgan fingerprint density at radius 1 is 1.33 bits per heavy atom. The summed E-state index contributed by atoms with van der Waals surface area (Å²) in [5.41, 5.74) is 7.30. The minimum absolute atomic E-state index is 0. The predicted molar refractivity (Wildman–Crippen MR) is 52.7 cm³/mol. The van der Waals surface area contributed by atoms with E-state index in [2.05, 4.69) is 0 Å². The zero-order valence-electron chi connectivity index (χ0n) is 6.69. The van der Waals surface area contributed by atoms with Crippen LogP contribution in [0.5, 0.6) is 0 Å². The lowest BCUT2D eigenvalue weighted by molar-refractivity contribution is 0.425. The predicted octanol–water partition coefficient (Wildman–Crippen LogP) is -0.321. The Hall–Kier alpha value is -0.705. The van der Waals surface area contributed by atoms with Crippen LogP contribution in [-0.4, -0.2) is 17.2 Å². The summed E-state index contributed by atoms with van der Waals surface area (Å²) in [5, 5.41) is 17.7. The van der Waals surface area contributed by atoms with Crippen molar-refractivity contribution in [2.24, 2.45) is 0 Å². The molecule has 0 radical (unpaired) electrons. The summed E-state index contributed by atoms with van der Waals surface area (Å²) in [6, 6.07) is 5.05. The number of nitrogens with two attached hydrogens (primary N) is 1. The summed E-state index contributed by atoms with van der Waals surface area (Å²) >= 11 is 0. The molecular formula is C7H11BClNO2. The maximum Gasteiger partial charge on any atom is 0.488 e. The van der Waals surface area contributed by atoms with E-state index < -0.39 is 7.12 Å². The summed E-state index contributed by atoms with van der Waals surface area (Å²) in [6.07, 6.45) is 0. The fourth-order valence-corrected chi connectivity index (χ4v) is 0.952. The van der Waals surface area contributed by atoms with E-state index in [1.165, 1.54) is 0 Å². The molecule has 0 heterocycles. The zero-order chi connectivity index (χ0) is 8.43. The Bertz CT molecular complexity index is 268. The standard InChI is InChI=1S/C7H10BNO2.ClH/c1-5-6(8(10)11)3-2-4-7(5)9;/h2-4,10-11H,9H2,1H3;1H. The van der Waals surface area contributed by atoms with Gasteiger partial charge in [-0.25, -0.2) is 0 Å². The lowest BCUT2D eigenvalue weighted by atomic mass is 9.77. The van der Waals surface area contributed by atoms with E-state index in [4.69, 9.17) is 15.8 Å². The van der Waals surface area contributed by atoms with Crippen LogP contribution < -0.4 is 11.2 Å².